The maximum atomic E-state index is 11.1. The van der Waals surface area contributed by atoms with Crippen LogP contribution in [0.4, 0.5) is 0 Å². The van der Waals surface area contributed by atoms with Crippen molar-refractivity contribution in [2.45, 2.75) is 6.42 Å². The van der Waals surface area contributed by atoms with E-state index in [2.05, 4.69) is 20.5 Å². The highest BCUT2D eigenvalue weighted by Crippen LogP contribution is 2.16. The largest absolute Gasteiger partial charge is 0.384 e. The molecular formula is C11H22N4O2. The molecule has 1 saturated heterocycles. The lowest BCUT2D eigenvalue weighted by molar-refractivity contribution is -0.119. The van der Waals surface area contributed by atoms with Crippen molar-refractivity contribution in [1.82, 2.24) is 15.5 Å². The summed E-state index contributed by atoms with van der Waals surface area (Å²) < 4.78 is 5.15. The Morgan fingerprint density at radius 1 is 1.59 bits per heavy atom. The van der Waals surface area contributed by atoms with Crippen molar-refractivity contribution >= 4 is 11.9 Å². The van der Waals surface area contributed by atoms with Crippen molar-refractivity contribution in [3.63, 3.8) is 0 Å². The first kappa shape index (κ1) is 13.8. The van der Waals surface area contributed by atoms with Gasteiger partial charge in [0.25, 0.3) is 0 Å². The quantitative estimate of drug-likeness (QED) is 0.504. The summed E-state index contributed by atoms with van der Waals surface area (Å²) in [5.74, 6) is 1.30. The maximum absolute atomic E-state index is 11.1. The molecule has 6 heteroatoms. The van der Waals surface area contributed by atoms with Crippen LogP contribution in [-0.2, 0) is 9.53 Å². The fraction of sp³-hybridized carbons (Fsp3) is 0.818. The van der Waals surface area contributed by atoms with E-state index in [0.717, 1.165) is 32.1 Å². The normalized spacial score (nSPS) is 20.5. The third-order valence-corrected chi connectivity index (χ3v) is 2.89. The Kier molecular flexibility index (Phi) is 5.76. The van der Waals surface area contributed by atoms with Crippen LogP contribution < -0.4 is 10.6 Å². The van der Waals surface area contributed by atoms with Crippen molar-refractivity contribution in [1.29, 1.82) is 0 Å². The van der Waals surface area contributed by atoms with Crippen LogP contribution in [0.3, 0.4) is 0 Å². The standard InChI is InChI=1S/C11H22N4O2/c1-12-10(16)6-14-11(13-2)15-5-4-9(7-15)8-17-3/h9H,4-8H2,1-3H3,(H,12,16)(H,13,14). The predicted molar refractivity (Wildman–Crippen MR) is 67.0 cm³/mol. The highest BCUT2D eigenvalue weighted by molar-refractivity contribution is 5.86. The van der Waals surface area contributed by atoms with Gasteiger partial charge in [-0.15, -0.1) is 0 Å². The van der Waals surface area contributed by atoms with E-state index in [0.29, 0.717) is 5.92 Å². The first-order valence-electron chi connectivity index (χ1n) is 5.86. The highest BCUT2D eigenvalue weighted by atomic mass is 16.5. The van der Waals surface area contributed by atoms with Crippen molar-refractivity contribution in [3.8, 4) is 0 Å². The van der Waals surface area contributed by atoms with E-state index in [4.69, 9.17) is 4.74 Å². The van der Waals surface area contributed by atoms with Crippen LogP contribution in [0.25, 0.3) is 0 Å². The van der Waals surface area contributed by atoms with E-state index in [9.17, 15) is 4.79 Å². The van der Waals surface area contributed by atoms with Crippen molar-refractivity contribution in [2.75, 3.05) is 47.4 Å². The molecular weight excluding hydrogens is 220 g/mol. The average molecular weight is 242 g/mol. The lowest BCUT2D eigenvalue weighted by atomic mass is 10.1. The molecule has 0 bridgehead atoms. The number of guanidine groups is 1. The Labute approximate surface area is 102 Å². The van der Waals surface area contributed by atoms with Gasteiger partial charge < -0.3 is 20.3 Å². The monoisotopic (exact) mass is 242 g/mol. The van der Waals surface area contributed by atoms with Gasteiger partial charge in [0, 0.05) is 40.2 Å². The Morgan fingerprint density at radius 3 is 2.94 bits per heavy atom. The molecule has 0 aliphatic carbocycles. The van der Waals surface area contributed by atoms with Crippen LogP contribution in [0.5, 0.6) is 0 Å². The minimum absolute atomic E-state index is 0.0428. The molecule has 1 amide bonds. The van der Waals surface area contributed by atoms with Gasteiger partial charge >= 0.3 is 0 Å². The topological polar surface area (TPSA) is 66.0 Å². The molecule has 1 rings (SSSR count). The third-order valence-electron chi connectivity index (χ3n) is 2.89. The molecule has 1 aliphatic heterocycles. The van der Waals surface area contributed by atoms with Gasteiger partial charge in [-0.25, -0.2) is 0 Å². The third kappa shape index (κ3) is 4.22. The van der Waals surface area contributed by atoms with Crippen molar-refractivity contribution in [2.24, 2.45) is 10.9 Å². The second kappa shape index (κ2) is 7.11. The summed E-state index contributed by atoms with van der Waals surface area (Å²) in [6.45, 7) is 2.93. The summed E-state index contributed by atoms with van der Waals surface area (Å²) in [5, 5.41) is 5.62. The number of hydrogen-bond donors (Lipinski definition) is 2. The molecule has 0 aromatic carbocycles. The summed E-state index contributed by atoms with van der Waals surface area (Å²) in [7, 11) is 5.08. The summed E-state index contributed by atoms with van der Waals surface area (Å²) >= 11 is 0. The average Bonchev–Trinajstić information content (AvgIpc) is 2.78. The lowest BCUT2D eigenvalue weighted by Gasteiger charge is -2.21. The first-order chi connectivity index (χ1) is 8.21. The zero-order valence-corrected chi connectivity index (χ0v) is 10.8. The molecule has 17 heavy (non-hydrogen) atoms. The lowest BCUT2D eigenvalue weighted by Crippen LogP contribution is -2.44. The van der Waals surface area contributed by atoms with Crippen LogP contribution in [0.1, 0.15) is 6.42 Å². The number of nitrogens with zero attached hydrogens (tertiary/aromatic N) is 2. The first-order valence-corrected chi connectivity index (χ1v) is 5.86. The van der Waals surface area contributed by atoms with Gasteiger partial charge in [0.15, 0.2) is 5.96 Å². The molecule has 1 fully saturated rings. The van der Waals surface area contributed by atoms with E-state index < -0.39 is 0 Å². The number of methoxy groups -OCH3 is 1. The smallest absolute Gasteiger partial charge is 0.239 e. The zero-order valence-electron chi connectivity index (χ0n) is 10.8. The molecule has 0 aromatic rings. The molecule has 0 aromatic heterocycles. The Balaban J connectivity index is 2.39. The maximum Gasteiger partial charge on any atom is 0.239 e. The molecule has 0 radical (unpaired) electrons. The molecule has 1 atom stereocenters. The number of carbonyl (C=O) groups excluding carboxylic acids is 1. The number of carbonyl (C=O) groups is 1. The van der Waals surface area contributed by atoms with Crippen molar-refractivity contribution in [3.05, 3.63) is 0 Å². The van der Waals surface area contributed by atoms with Crippen molar-refractivity contribution < 1.29 is 9.53 Å². The molecule has 0 saturated carbocycles. The summed E-state index contributed by atoms with van der Waals surface area (Å²) in [6.07, 6.45) is 1.11. The Morgan fingerprint density at radius 2 is 2.35 bits per heavy atom. The van der Waals surface area contributed by atoms with Gasteiger partial charge in [-0.1, -0.05) is 0 Å². The van der Waals surface area contributed by atoms with Gasteiger partial charge in [-0.2, -0.15) is 0 Å². The number of hydrogen-bond acceptors (Lipinski definition) is 3. The van der Waals surface area contributed by atoms with Crippen LogP contribution in [0, 0.1) is 5.92 Å². The number of rotatable bonds is 4. The van der Waals surface area contributed by atoms with Crippen LogP contribution in [0.2, 0.25) is 0 Å². The molecule has 0 spiro atoms. The molecule has 6 nitrogen and oxygen atoms in total. The van der Waals surface area contributed by atoms with Gasteiger partial charge in [0.2, 0.25) is 5.91 Å². The molecule has 2 N–H and O–H groups in total. The summed E-state index contributed by atoms with van der Waals surface area (Å²) in [5.41, 5.74) is 0. The van der Waals surface area contributed by atoms with E-state index >= 15 is 0 Å². The molecule has 1 unspecified atom stereocenters. The number of nitrogens with one attached hydrogen (secondary N) is 2. The number of ether oxygens (including phenoxy) is 1. The van der Waals surface area contributed by atoms with Crippen LogP contribution in [-0.4, -0.2) is 64.2 Å². The number of aliphatic imine (C=N–C) groups is 1. The SMILES string of the molecule is CN=C(NCC(=O)NC)N1CCC(COC)C1. The fourth-order valence-corrected chi connectivity index (χ4v) is 1.98. The second-order valence-corrected chi connectivity index (χ2v) is 4.13. The van der Waals surface area contributed by atoms with E-state index in [-0.39, 0.29) is 12.5 Å². The predicted octanol–water partition coefficient (Wildman–Crippen LogP) is -0.724. The van der Waals surface area contributed by atoms with Gasteiger partial charge in [0.05, 0.1) is 13.2 Å². The van der Waals surface area contributed by atoms with E-state index in [1.165, 1.54) is 0 Å². The molecule has 1 heterocycles. The van der Waals surface area contributed by atoms with Gasteiger partial charge in [-0.3, -0.25) is 9.79 Å². The number of amides is 1. The van der Waals surface area contributed by atoms with Crippen LogP contribution in [0.15, 0.2) is 4.99 Å². The van der Waals surface area contributed by atoms with Gasteiger partial charge in [0.1, 0.15) is 0 Å². The summed E-state index contributed by atoms with van der Waals surface area (Å²) in [4.78, 5) is 17.5. The second-order valence-electron chi connectivity index (χ2n) is 4.13. The Hall–Kier alpha value is -1.30. The number of likely N-dealkylation sites (N-methyl/N-ethyl adjacent to an activating group) is 1. The summed E-state index contributed by atoms with van der Waals surface area (Å²) in [6, 6.07) is 0. The minimum Gasteiger partial charge on any atom is -0.384 e. The Bertz CT molecular complexity index is 281. The molecule has 1 aliphatic rings. The highest BCUT2D eigenvalue weighted by Gasteiger charge is 2.24. The van der Waals surface area contributed by atoms with Gasteiger partial charge in [-0.05, 0) is 6.42 Å². The van der Waals surface area contributed by atoms with E-state index in [1.807, 2.05) is 0 Å². The van der Waals surface area contributed by atoms with Crippen LogP contribution >= 0.6 is 0 Å². The fourth-order valence-electron chi connectivity index (χ4n) is 1.98. The number of likely N-dealkylation sites (tertiary alicyclic amines) is 1. The molecule has 98 valence electrons. The minimum atomic E-state index is -0.0428. The van der Waals surface area contributed by atoms with E-state index in [1.54, 1.807) is 21.2 Å². The zero-order chi connectivity index (χ0) is 12.7.